The van der Waals surface area contributed by atoms with Crippen molar-refractivity contribution >= 4 is 45.2 Å². The molecular weight excluding hydrogens is 384 g/mol. The molecule has 7 nitrogen and oxygen atoms in total. The molecule has 0 unspecified atom stereocenters. The molecule has 1 aliphatic rings. The van der Waals surface area contributed by atoms with E-state index in [0.717, 1.165) is 36.1 Å². The zero-order chi connectivity index (χ0) is 19.0. The molecule has 0 N–H and O–H groups in total. The number of nitrogens with zero attached hydrogens (tertiary/aromatic N) is 4. The summed E-state index contributed by atoms with van der Waals surface area (Å²) in [6.07, 6.45) is 7.27. The lowest BCUT2D eigenvalue weighted by atomic mass is 9.97. The van der Waals surface area contributed by atoms with E-state index < -0.39 is 4.92 Å². The van der Waals surface area contributed by atoms with E-state index in [0.29, 0.717) is 16.1 Å². The fraction of sp³-hybridized carbons (Fsp3) is 0.278. The van der Waals surface area contributed by atoms with Crippen LogP contribution in [-0.4, -0.2) is 27.1 Å². The molecule has 138 valence electrons. The van der Waals surface area contributed by atoms with Gasteiger partial charge in [0.1, 0.15) is 4.83 Å². The molecule has 0 spiro atoms. The van der Waals surface area contributed by atoms with Crippen molar-refractivity contribution in [2.75, 3.05) is 6.26 Å². The lowest BCUT2D eigenvalue weighted by Crippen LogP contribution is -2.20. The van der Waals surface area contributed by atoms with Gasteiger partial charge in [0.15, 0.2) is 5.16 Å². The predicted octanol–water partition coefficient (Wildman–Crippen LogP) is 3.85. The first-order chi connectivity index (χ1) is 13.1. The first kappa shape index (κ1) is 17.9. The van der Waals surface area contributed by atoms with E-state index in [1.54, 1.807) is 29.5 Å². The summed E-state index contributed by atoms with van der Waals surface area (Å²) in [6, 6.07) is 6.31. The Balaban J connectivity index is 1.88. The van der Waals surface area contributed by atoms with E-state index in [-0.39, 0.29) is 11.2 Å². The molecule has 4 rings (SSSR count). The summed E-state index contributed by atoms with van der Waals surface area (Å²) in [7, 11) is 0. The van der Waals surface area contributed by atoms with Gasteiger partial charge < -0.3 is 0 Å². The van der Waals surface area contributed by atoms with Crippen LogP contribution in [0.3, 0.4) is 0 Å². The van der Waals surface area contributed by atoms with Crippen molar-refractivity contribution in [3.8, 4) is 0 Å². The number of benzene rings is 1. The van der Waals surface area contributed by atoms with Crippen molar-refractivity contribution in [2.45, 2.75) is 30.8 Å². The quantitative estimate of drug-likeness (QED) is 0.218. The van der Waals surface area contributed by atoms with Gasteiger partial charge in [0.2, 0.25) is 0 Å². The third kappa shape index (κ3) is 3.17. The molecule has 0 atom stereocenters. The Hall–Kier alpha value is -2.52. The zero-order valence-electron chi connectivity index (χ0n) is 14.5. The molecule has 9 heteroatoms. The van der Waals surface area contributed by atoms with Gasteiger partial charge >= 0.3 is 0 Å². The molecule has 1 aromatic carbocycles. The molecule has 3 aromatic rings. The molecule has 2 heterocycles. The number of thiophene rings is 1. The van der Waals surface area contributed by atoms with E-state index in [1.807, 2.05) is 6.26 Å². The van der Waals surface area contributed by atoms with Gasteiger partial charge in [-0.15, -0.1) is 11.3 Å². The molecule has 0 saturated carbocycles. The summed E-state index contributed by atoms with van der Waals surface area (Å²) in [5.74, 6) is 0. The molecule has 0 aliphatic heterocycles. The molecule has 0 bridgehead atoms. The van der Waals surface area contributed by atoms with Crippen LogP contribution in [0, 0.1) is 10.1 Å². The smallest absolute Gasteiger partial charge is 0.267 e. The van der Waals surface area contributed by atoms with Crippen LogP contribution in [0.1, 0.15) is 28.8 Å². The van der Waals surface area contributed by atoms with Crippen molar-refractivity contribution in [3.63, 3.8) is 0 Å². The van der Waals surface area contributed by atoms with Crippen LogP contribution in [0.4, 0.5) is 5.69 Å². The number of rotatable bonds is 4. The molecule has 27 heavy (non-hydrogen) atoms. The number of aryl methyl sites for hydroxylation is 2. The Morgan fingerprint density at radius 3 is 2.89 bits per heavy atom. The van der Waals surface area contributed by atoms with Crippen LogP contribution in [0.25, 0.3) is 10.2 Å². The minimum Gasteiger partial charge on any atom is -0.267 e. The summed E-state index contributed by atoms with van der Waals surface area (Å²) in [5.41, 5.74) is 1.18. The molecular formula is C18H16N4O3S2. The Morgan fingerprint density at radius 1 is 1.33 bits per heavy atom. The average Bonchev–Trinajstić information content (AvgIpc) is 3.05. The van der Waals surface area contributed by atoms with E-state index in [4.69, 9.17) is 0 Å². The van der Waals surface area contributed by atoms with Crippen molar-refractivity contribution < 1.29 is 4.92 Å². The van der Waals surface area contributed by atoms with E-state index >= 15 is 0 Å². The topological polar surface area (TPSA) is 90.4 Å². The van der Waals surface area contributed by atoms with Gasteiger partial charge in [-0.1, -0.05) is 23.9 Å². The molecule has 0 amide bonds. The zero-order valence-corrected chi connectivity index (χ0v) is 16.2. The van der Waals surface area contributed by atoms with Crippen LogP contribution in [0.2, 0.25) is 0 Å². The summed E-state index contributed by atoms with van der Waals surface area (Å²) in [6.45, 7) is 0. The highest BCUT2D eigenvalue weighted by molar-refractivity contribution is 7.98. The Bertz CT molecular complexity index is 1130. The van der Waals surface area contributed by atoms with E-state index in [1.165, 1.54) is 33.6 Å². The molecule has 1 aliphatic carbocycles. The van der Waals surface area contributed by atoms with Gasteiger partial charge in [0.25, 0.3) is 11.2 Å². The largest absolute Gasteiger partial charge is 0.283 e. The normalized spacial score (nSPS) is 14.0. The van der Waals surface area contributed by atoms with Crippen molar-refractivity contribution in [3.05, 3.63) is 60.7 Å². The van der Waals surface area contributed by atoms with Crippen LogP contribution < -0.4 is 5.56 Å². The number of thioether (sulfide) groups is 1. The maximum Gasteiger partial charge on any atom is 0.283 e. The van der Waals surface area contributed by atoms with Gasteiger partial charge in [0.05, 0.1) is 22.1 Å². The van der Waals surface area contributed by atoms with E-state index in [9.17, 15) is 14.9 Å². The molecule has 0 fully saturated rings. The van der Waals surface area contributed by atoms with Gasteiger partial charge in [0, 0.05) is 10.9 Å². The second kappa shape index (κ2) is 7.24. The minimum atomic E-state index is -0.462. The number of fused-ring (bicyclic) bond motifs is 3. The third-order valence-corrected chi connectivity index (χ3v) is 6.38. The maximum absolute atomic E-state index is 13.1. The van der Waals surface area contributed by atoms with Gasteiger partial charge in [-0.25, -0.2) is 4.98 Å². The highest BCUT2D eigenvalue weighted by Crippen LogP contribution is 2.34. The number of aromatic nitrogens is 2. The summed E-state index contributed by atoms with van der Waals surface area (Å²) < 4.78 is 1.26. The fourth-order valence-corrected chi connectivity index (χ4v) is 5.09. The molecule has 0 radical (unpaired) electrons. The SMILES string of the molecule is CSc1nc2sc3c(c2c(=O)n1/N=C/c1ccccc1[N+](=O)[O-])CCCC3. The second-order valence-corrected chi connectivity index (χ2v) is 8.02. The molecule has 0 saturated heterocycles. The Kier molecular flexibility index (Phi) is 4.79. The number of para-hydroxylation sites is 1. The Labute approximate surface area is 162 Å². The lowest BCUT2D eigenvalue weighted by Gasteiger charge is -2.10. The second-order valence-electron chi connectivity index (χ2n) is 6.17. The average molecular weight is 400 g/mol. The van der Waals surface area contributed by atoms with Crippen molar-refractivity contribution in [2.24, 2.45) is 5.10 Å². The van der Waals surface area contributed by atoms with Crippen molar-refractivity contribution in [1.29, 1.82) is 0 Å². The van der Waals surface area contributed by atoms with E-state index in [2.05, 4.69) is 10.1 Å². The number of nitro benzene ring substituents is 1. The fourth-order valence-electron chi connectivity index (χ4n) is 3.29. The summed E-state index contributed by atoms with van der Waals surface area (Å²) in [4.78, 5) is 30.5. The first-order valence-corrected chi connectivity index (χ1v) is 10.5. The third-order valence-electron chi connectivity index (χ3n) is 4.57. The lowest BCUT2D eigenvalue weighted by molar-refractivity contribution is -0.385. The number of nitro groups is 1. The van der Waals surface area contributed by atoms with Gasteiger partial charge in [-0.3, -0.25) is 14.9 Å². The summed E-state index contributed by atoms with van der Waals surface area (Å²) >= 11 is 2.92. The van der Waals surface area contributed by atoms with Crippen LogP contribution in [0.15, 0.2) is 39.3 Å². The van der Waals surface area contributed by atoms with Crippen LogP contribution >= 0.6 is 23.1 Å². The van der Waals surface area contributed by atoms with Crippen LogP contribution in [-0.2, 0) is 12.8 Å². The number of hydrogen-bond acceptors (Lipinski definition) is 7. The highest BCUT2D eigenvalue weighted by atomic mass is 32.2. The van der Waals surface area contributed by atoms with Gasteiger partial charge in [-0.05, 0) is 43.6 Å². The standard InChI is InChI=1S/C18H16N4O3S2/c1-26-18-20-16-15(12-7-3-5-9-14(12)27-16)17(23)21(18)19-10-11-6-2-4-8-13(11)22(24)25/h2,4,6,8,10H,3,5,7,9H2,1H3/b19-10+. The van der Waals surface area contributed by atoms with Crippen LogP contribution in [0.5, 0.6) is 0 Å². The van der Waals surface area contributed by atoms with Crippen molar-refractivity contribution in [1.82, 2.24) is 9.66 Å². The van der Waals surface area contributed by atoms with Gasteiger partial charge in [-0.2, -0.15) is 9.78 Å². The summed E-state index contributed by atoms with van der Waals surface area (Å²) in [5, 5.41) is 16.6. The molecule has 2 aromatic heterocycles. The first-order valence-electron chi connectivity index (χ1n) is 8.49. The Morgan fingerprint density at radius 2 is 2.11 bits per heavy atom. The highest BCUT2D eigenvalue weighted by Gasteiger charge is 2.22. The predicted molar refractivity (Wildman–Crippen MR) is 108 cm³/mol. The maximum atomic E-state index is 13.1. The monoisotopic (exact) mass is 400 g/mol. The number of hydrogen-bond donors (Lipinski definition) is 0. The minimum absolute atomic E-state index is 0.0537.